The van der Waals surface area contributed by atoms with Gasteiger partial charge in [0, 0.05) is 64.2 Å². The Bertz CT molecular complexity index is 893. The molecule has 3 amide bonds. The van der Waals surface area contributed by atoms with Crippen molar-refractivity contribution in [3.63, 3.8) is 0 Å². The van der Waals surface area contributed by atoms with E-state index in [0.717, 1.165) is 12.8 Å². The van der Waals surface area contributed by atoms with Crippen LogP contribution in [0.25, 0.3) is 0 Å². The van der Waals surface area contributed by atoms with Gasteiger partial charge >= 0.3 is 6.03 Å². The smallest absolute Gasteiger partial charge is 0.317 e. The molecule has 35 heavy (non-hydrogen) atoms. The van der Waals surface area contributed by atoms with Gasteiger partial charge in [0.05, 0.1) is 19.0 Å². The molecule has 1 N–H and O–H groups in total. The maximum atomic E-state index is 12.8. The predicted molar refractivity (Wildman–Crippen MR) is 135 cm³/mol. The van der Waals surface area contributed by atoms with E-state index in [1.807, 2.05) is 16.7 Å². The summed E-state index contributed by atoms with van der Waals surface area (Å²) in [5, 5.41) is 3.81. The van der Waals surface area contributed by atoms with Crippen molar-refractivity contribution < 1.29 is 19.1 Å². The molecule has 1 spiro atoms. The van der Waals surface area contributed by atoms with Crippen molar-refractivity contribution in [3.05, 3.63) is 11.2 Å². The molecule has 1 aromatic heterocycles. The normalized spacial score (nSPS) is 22.0. The number of anilines is 1. The third-order valence-corrected chi connectivity index (χ3v) is 7.72. The van der Waals surface area contributed by atoms with Crippen LogP contribution in [-0.4, -0.2) is 102 Å². The zero-order chi connectivity index (χ0) is 24.8. The summed E-state index contributed by atoms with van der Waals surface area (Å²) in [6.45, 7) is 9.23. The Morgan fingerprint density at radius 1 is 1.20 bits per heavy atom. The van der Waals surface area contributed by atoms with Crippen LogP contribution in [0.1, 0.15) is 39.5 Å². The van der Waals surface area contributed by atoms with Gasteiger partial charge in [0.1, 0.15) is 11.0 Å². The van der Waals surface area contributed by atoms with Gasteiger partial charge in [-0.2, -0.15) is 0 Å². The van der Waals surface area contributed by atoms with Gasteiger partial charge in [0.2, 0.25) is 5.91 Å². The molecule has 0 aliphatic carbocycles. The Balaban J connectivity index is 1.29. The molecular weight excluding hydrogens is 492 g/mol. The molecule has 194 valence electrons. The monoisotopic (exact) mass is 526 g/mol. The molecule has 10 nitrogen and oxygen atoms in total. The number of hydrogen-bond donors (Lipinski definition) is 1. The Kier molecular flexibility index (Phi) is 8.96. The molecule has 3 saturated heterocycles. The SMILES string of the molecule is CCCCNC(=O)N1CCN(c2cc(Cl)nc(SCC(=O)N3CCC4(CC3)OCCO4)n2)CC1C. The molecule has 4 heterocycles. The van der Waals surface area contributed by atoms with Gasteiger partial charge in [-0.05, 0) is 13.3 Å². The fraction of sp³-hybridized carbons (Fsp3) is 0.739. The zero-order valence-electron chi connectivity index (χ0n) is 20.5. The Hall–Kier alpha value is -1.82. The summed E-state index contributed by atoms with van der Waals surface area (Å²) < 4.78 is 11.5. The number of amides is 3. The van der Waals surface area contributed by atoms with Crippen molar-refractivity contribution in [1.82, 2.24) is 25.1 Å². The number of halogens is 1. The highest BCUT2D eigenvalue weighted by Gasteiger charge is 2.40. The number of aromatic nitrogens is 2. The average Bonchev–Trinajstić information content (AvgIpc) is 3.30. The minimum Gasteiger partial charge on any atom is -0.353 e. The molecule has 0 aromatic carbocycles. The zero-order valence-corrected chi connectivity index (χ0v) is 22.1. The Morgan fingerprint density at radius 3 is 2.63 bits per heavy atom. The van der Waals surface area contributed by atoms with Crippen LogP contribution >= 0.6 is 23.4 Å². The first-order chi connectivity index (χ1) is 16.9. The number of carbonyl (C=O) groups is 2. The maximum absolute atomic E-state index is 12.8. The summed E-state index contributed by atoms with van der Waals surface area (Å²) in [5.41, 5.74) is 0. The summed E-state index contributed by atoms with van der Waals surface area (Å²) in [6, 6.07) is 1.76. The third-order valence-electron chi connectivity index (χ3n) is 6.70. The third kappa shape index (κ3) is 6.69. The maximum Gasteiger partial charge on any atom is 0.317 e. The quantitative estimate of drug-likeness (QED) is 0.250. The molecule has 0 radical (unpaired) electrons. The summed E-state index contributed by atoms with van der Waals surface area (Å²) >= 11 is 7.59. The molecule has 3 aliphatic heterocycles. The standard InChI is InChI=1S/C23H35ClN6O4S/c1-3-4-7-25-22(32)30-11-10-29(15-17(30)2)19-14-18(24)26-21(27-19)35-16-20(31)28-8-5-23(6-9-28)33-12-13-34-23/h14,17H,3-13,15-16H2,1-2H3,(H,25,32). The molecule has 0 saturated carbocycles. The predicted octanol–water partition coefficient (Wildman–Crippen LogP) is 2.61. The van der Waals surface area contributed by atoms with Gasteiger partial charge < -0.3 is 29.5 Å². The number of piperazine rings is 1. The minimum atomic E-state index is -0.494. The number of piperidine rings is 1. The number of nitrogens with one attached hydrogen (secondary N) is 1. The van der Waals surface area contributed by atoms with Crippen LogP contribution in [0.2, 0.25) is 5.15 Å². The largest absolute Gasteiger partial charge is 0.353 e. The first-order valence-corrected chi connectivity index (χ1v) is 13.8. The lowest BCUT2D eigenvalue weighted by Crippen LogP contribution is -2.56. The van der Waals surface area contributed by atoms with Crippen LogP contribution in [0.4, 0.5) is 10.6 Å². The van der Waals surface area contributed by atoms with Gasteiger partial charge in [-0.3, -0.25) is 4.79 Å². The number of ether oxygens (including phenoxy) is 2. The van der Waals surface area contributed by atoms with E-state index >= 15 is 0 Å². The van der Waals surface area contributed by atoms with Crippen LogP contribution in [0.5, 0.6) is 0 Å². The molecule has 4 rings (SSSR count). The lowest BCUT2D eigenvalue weighted by atomic mass is 10.0. The number of nitrogens with zero attached hydrogens (tertiary/aromatic N) is 5. The average molecular weight is 527 g/mol. The molecule has 12 heteroatoms. The van der Waals surface area contributed by atoms with Crippen molar-refractivity contribution in [2.75, 3.05) is 63.1 Å². The minimum absolute atomic E-state index is 0.0178. The number of unbranched alkanes of at least 4 members (excludes halogenated alkanes) is 1. The van der Waals surface area contributed by atoms with Gasteiger partial charge in [-0.25, -0.2) is 14.8 Å². The van der Waals surface area contributed by atoms with Crippen LogP contribution in [0.3, 0.4) is 0 Å². The number of hydrogen-bond acceptors (Lipinski definition) is 8. The fourth-order valence-electron chi connectivity index (χ4n) is 4.65. The highest BCUT2D eigenvalue weighted by molar-refractivity contribution is 7.99. The van der Waals surface area contributed by atoms with Crippen molar-refractivity contribution in [1.29, 1.82) is 0 Å². The van der Waals surface area contributed by atoms with E-state index in [0.29, 0.717) is 81.5 Å². The topological polar surface area (TPSA) is 100 Å². The highest BCUT2D eigenvalue weighted by Crippen LogP contribution is 2.32. The molecule has 3 aliphatic rings. The number of thioether (sulfide) groups is 1. The van der Waals surface area contributed by atoms with Crippen molar-refractivity contribution in [2.45, 2.75) is 56.5 Å². The van der Waals surface area contributed by atoms with E-state index in [-0.39, 0.29) is 23.7 Å². The van der Waals surface area contributed by atoms with Crippen molar-refractivity contribution in [2.24, 2.45) is 0 Å². The molecule has 3 fully saturated rings. The van der Waals surface area contributed by atoms with Crippen LogP contribution in [-0.2, 0) is 14.3 Å². The van der Waals surface area contributed by atoms with E-state index in [2.05, 4.69) is 27.1 Å². The molecule has 0 bridgehead atoms. The van der Waals surface area contributed by atoms with Gasteiger partial charge in [0.15, 0.2) is 10.9 Å². The summed E-state index contributed by atoms with van der Waals surface area (Å²) in [5.74, 6) is 0.514. The lowest BCUT2D eigenvalue weighted by Gasteiger charge is -2.40. The molecule has 1 atom stereocenters. The van der Waals surface area contributed by atoms with E-state index in [1.54, 1.807) is 6.07 Å². The highest BCUT2D eigenvalue weighted by atomic mass is 35.5. The van der Waals surface area contributed by atoms with Gasteiger partial charge in [-0.1, -0.05) is 36.7 Å². The second-order valence-corrected chi connectivity index (χ2v) is 10.5. The van der Waals surface area contributed by atoms with E-state index < -0.39 is 5.79 Å². The first kappa shape index (κ1) is 26.2. The first-order valence-electron chi connectivity index (χ1n) is 12.4. The number of carbonyl (C=O) groups excluding carboxylic acids is 2. The summed E-state index contributed by atoms with van der Waals surface area (Å²) in [7, 11) is 0. The summed E-state index contributed by atoms with van der Waals surface area (Å²) in [6.07, 6.45) is 3.42. The lowest BCUT2D eigenvalue weighted by molar-refractivity contribution is -0.186. The molecular formula is C23H35ClN6O4S. The van der Waals surface area contributed by atoms with E-state index in [1.165, 1.54) is 11.8 Å². The number of likely N-dealkylation sites (tertiary alicyclic amines) is 1. The fourth-order valence-corrected chi connectivity index (χ4v) is 5.64. The molecule has 1 unspecified atom stereocenters. The Labute approximate surface area is 216 Å². The second kappa shape index (κ2) is 11.9. The number of rotatable bonds is 7. The number of urea groups is 1. The van der Waals surface area contributed by atoms with E-state index in [9.17, 15) is 9.59 Å². The van der Waals surface area contributed by atoms with E-state index in [4.69, 9.17) is 21.1 Å². The van der Waals surface area contributed by atoms with Gasteiger partial charge in [0.25, 0.3) is 0 Å². The second-order valence-electron chi connectivity index (χ2n) is 9.18. The van der Waals surface area contributed by atoms with Crippen LogP contribution in [0, 0.1) is 0 Å². The molecule has 1 aromatic rings. The van der Waals surface area contributed by atoms with Crippen LogP contribution in [0.15, 0.2) is 11.2 Å². The van der Waals surface area contributed by atoms with Crippen LogP contribution < -0.4 is 10.2 Å². The summed E-state index contributed by atoms with van der Waals surface area (Å²) in [4.78, 5) is 40.1. The van der Waals surface area contributed by atoms with Crippen molar-refractivity contribution in [3.8, 4) is 0 Å². The van der Waals surface area contributed by atoms with Crippen molar-refractivity contribution >= 4 is 41.1 Å². The Morgan fingerprint density at radius 2 is 1.94 bits per heavy atom. The van der Waals surface area contributed by atoms with Gasteiger partial charge in [-0.15, -0.1) is 0 Å².